The predicted octanol–water partition coefficient (Wildman–Crippen LogP) is 2.16. The zero-order valence-electron chi connectivity index (χ0n) is 12.0. The van der Waals surface area contributed by atoms with E-state index in [1.807, 2.05) is 11.0 Å². The third-order valence-electron chi connectivity index (χ3n) is 4.58. The van der Waals surface area contributed by atoms with Crippen LogP contribution in [0.3, 0.4) is 0 Å². The second-order valence-corrected chi connectivity index (χ2v) is 5.84. The Balaban J connectivity index is 1.62. The van der Waals surface area contributed by atoms with E-state index in [1.54, 1.807) is 0 Å². The van der Waals surface area contributed by atoms with Crippen molar-refractivity contribution in [2.75, 3.05) is 26.2 Å². The fraction of sp³-hybridized carbons (Fsp3) is 0.471. The molecule has 106 valence electrons. The summed E-state index contributed by atoms with van der Waals surface area (Å²) in [5.74, 6) is 1.00. The average molecular weight is 270 g/mol. The van der Waals surface area contributed by atoms with Gasteiger partial charge in [-0.2, -0.15) is 0 Å². The molecule has 1 saturated heterocycles. The molecule has 0 spiro atoms. The number of nitrogens with one attached hydrogen (secondary N) is 1. The van der Waals surface area contributed by atoms with Crippen LogP contribution in [-0.4, -0.2) is 37.0 Å². The summed E-state index contributed by atoms with van der Waals surface area (Å²) < 4.78 is 0. The van der Waals surface area contributed by atoms with Gasteiger partial charge in [0.15, 0.2) is 0 Å². The SMILES string of the molecule is CC(C(=O)N1CC=C(c2ccccc2)CC1)C1CNC1. The maximum Gasteiger partial charge on any atom is 0.226 e. The average Bonchev–Trinajstić information content (AvgIpc) is 2.46. The monoisotopic (exact) mass is 270 g/mol. The molecule has 2 heterocycles. The molecular weight excluding hydrogens is 248 g/mol. The van der Waals surface area contributed by atoms with Crippen LogP contribution in [0, 0.1) is 11.8 Å². The van der Waals surface area contributed by atoms with Crippen molar-refractivity contribution in [3.05, 3.63) is 42.0 Å². The van der Waals surface area contributed by atoms with E-state index >= 15 is 0 Å². The topological polar surface area (TPSA) is 32.3 Å². The van der Waals surface area contributed by atoms with Crippen LogP contribution in [0.25, 0.3) is 5.57 Å². The minimum atomic E-state index is 0.155. The Morgan fingerprint density at radius 2 is 2.05 bits per heavy atom. The lowest BCUT2D eigenvalue weighted by molar-refractivity contribution is -0.136. The molecule has 1 amide bonds. The molecule has 1 atom stereocenters. The molecule has 0 aliphatic carbocycles. The zero-order valence-corrected chi connectivity index (χ0v) is 12.0. The van der Waals surface area contributed by atoms with Gasteiger partial charge in [0.05, 0.1) is 0 Å². The van der Waals surface area contributed by atoms with Crippen molar-refractivity contribution in [2.24, 2.45) is 11.8 Å². The zero-order chi connectivity index (χ0) is 13.9. The van der Waals surface area contributed by atoms with Gasteiger partial charge in [-0.25, -0.2) is 0 Å². The van der Waals surface area contributed by atoms with Gasteiger partial charge in [0.2, 0.25) is 5.91 Å². The van der Waals surface area contributed by atoms with Crippen LogP contribution in [0.1, 0.15) is 18.9 Å². The number of hydrogen-bond donors (Lipinski definition) is 1. The number of rotatable bonds is 3. The Kier molecular flexibility index (Phi) is 3.88. The number of hydrogen-bond acceptors (Lipinski definition) is 2. The minimum Gasteiger partial charge on any atom is -0.338 e. The van der Waals surface area contributed by atoms with E-state index in [0.717, 1.165) is 32.6 Å². The Hall–Kier alpha value is -1.61. The van der Waals surface area contributed by atoms with E-state index in [4.69, 9.17) is 0 Å². The van der Waals surface area contributed by atoms with E-state index in [9.17, 15) is 4.79 Å². The number of benzene rings is 1. The first-order valence-corrected chi connectivity index (χ1v) is 7.49. The van der Waals surface area contributed by atoms with Crippen LogP contribution < -0.4 is 5.32 Å². The molecule has 2 aliphatic heterocycles. The quantitative estimate of drug-likeness (QED) is 0.913. The molecule has 0 radical (unpaired) electrons. The van der Waals surface area contributed by atoms with Crippen molar-refractivity contribution < 1.29 is 4.79 Å². The highest BCUT2D eigenvalue weighted by Crippen LogP contribution is 2.25. The standard InChI is InChI=1S/C17H22N2O/c1-13(16-11-18-12-16)17(20)19-9-7-15(8-10-19)14-5-3-2-4-6-14/h2-7,13,16,18H,8-12H2,1H3. The number of carbonyl (C=O) groups is 1. The van der Waals surface area contributed by atoms with Crippen LogP contribution in [-0.2, 0) is 4.79 Å². The summed E-state index contributed by atoms with van der Waals surface area (Å²) in [6.45, 7) is 5.67. The van der Waals surface area contributed by atoms with Gasteiger partial charge >= 0.3 is 0 Å². The molecule has 1 unspecified atom stereocenters. The first kappa shape index (κ1) is 13.4. The molecule has 0 bridgehead atoms. The van der Waals surface area contributed by atoms with Gasteiger partial charge in [-0.3, -0.25) is 4.79 Å². The lowest BCUT2D eigenvalue weighted by atomic mass is 9.87. The van der Waals surface area contributed by atoms with Gasteiger partial charge in [0, 0.05) is 19.0 Å². The summed E-state index contributed by atoms with van der Waals surface area (Å²) in [6.07, 6.45) is 3.17. The van der Waals surface area contributed by atoms with Gasteiger partial charge < -0.3 is 10.2 Å². The predicted molar refractivity (Wildman–Crippen MR) is 81.1 cm³/mol. The lowest BCUT2D eigenvalue weighted by Crippen LogP contribution is -2.51. The van der Waals surface area contributed by atoms with E-state index in [2.05, 4.69) is 42.6 Å². The highest BCUT2D eigenvalue weighted by atomic mass is 16.2. The Morgan fingerprint density at radius 3 is 2.60 bits per heavy atom. The number of carbonyl (C=O) groups excluding carboxylic acids is 1. The summed E-state index contributed by atoms with van der Waals surface area (Å²) >= 11 is 0. The molecular formula is C17H22N2O. The molecule has 1 aromatic rings. The first-order valence-electron chi connectivity index (χ1n) is 7.49. The molecule has 0 saturated carbocycles. The molecule has 1 aromatic carbocycles. The molecule has 3 rings (SSSR count). The highest BCUT2D eigenvalue weighted by molar-refractivity contribution is 5.80. The summed E-state index contributed by atoms with van der Waals surface area (Å²) in [7, 11) is 0. The van der Waals surface area contributed by atoms with Gasteiger partial charge in [0.1, 0.15) is 0 Å². The van der Waals surface area contributed by atoms with Crippen LogP contribution in [0.15, 0.2) is 36.4 Å². The normalized spacial score (nSPS) is 21.1. The van der Waals surface area contributed by atoms with E-state index in [-0.39, 0.29) is 5.92 Å². The molecule has 3 nitrogen and oxygen atoms in total. The van der Waals surface area contributed by atoms with Crippen LogP contribution in [0.5, 0.6) is 0 Å². The van der Waals surface area contributed by atoms with Gasteiger partial charge in [-0.05, 0) is 36.6 Å². The van der Waals surface area contributed by atoms with E-state index in [0.29, 0.717) is 11.8 Å². The maximum atomic E-state index is 12.4. The number of amides is 1. The molecule has 3 heteroatoms. The van der Waals surface area contributed by atoms with Crippen molar-refractivity contribution in [3.63, 3.8) is 0 Å². The van der Waals surface area contributed by atoms with Crippen molar-refractivity contribution in [3.8, 4) is 0 Å². The van der Waals surface area contributed by atoms with Crippen molar-refractivity contribution in [2.45, 2.75) is 13.3 Å². The summed E-state index contributed by atoms with van der Waals surface area (Å²) in [5, 5.41) is 3.25. The van der Waals surface area contributed by atoms with E-state index < -0.39 is 0 Å². The van der Waals surface area contributed by atoms with Crippen molar-refractivity contribution in [1.29, 1.82) is 0 Å². The van der Waals surface area contributed by atoms with Crippen LogP contribution >= 0.6 is 0 Å². The highest BCUT2D eigenvalue weighted by Gasteiger charge is 2.31. The fourth-order valence-electron chi connectivity index (χ4n) is 2.94. The minimum absolute atomic E-state index is 0.155. The van der Waals surface area contributed by atoms with E-state index in [1.165, 1.54) is 11.1 Å². The van der Waals surface area contributed by atoms with Crippen LogP contribution in [0.4, 0.5) is 0 Å². The Morgan fingerprint density at radius 1 is 1.30 bits per heavy atom. The van der Waals surface area contributed by atoms with Gasteiger partial charge in [0.25, 0.3) is 0 Å². The molecule has 20 heavy (non-hydrogen) atoms. The van der Waals surface area contributed by atoms with Crippen molar-refractivity contribution in [1.82, 2.24) is 10.2 Å². The van der Waals surface area contributed by atoms with Gasteiger partial charge in [-0.1, -0.05) is 43.3 Å². The lowest BCUT2D eigenvalue weighted by Gasteiger charge is -2.36. The smallest absolute Gasteiger partial charge is 0.226 e. The maximum absolute atomic E-state index is 12.4. The Bertz CT molecular complexity index is 505. The molecule has 1 fully saturated rings. The fourth-order valence-corrected chi connectivity index (χ4v) is 2.94. The first-order chi connectivity index (χ1) is 9.75. The van der Waals surface area contributed by atoms with Crippen molar-refractivity contribution >= 4 is 11.5 Å². The molecule has 0 aromatic heterocycles. The molecule has 1 N–H and O–H groups in total. The van der Waals surface area contributed by atoms with Crippen LogP contribution in [0.2, 0.25) is 0 Å². The largest absolute Gasteiger partial charge is 0.338 e. The second kappa shape index (κ2) is 5.80. The molecule has 2 aliphatic rings. The third kappa shape index (κ3) is 2.63. The summed E-state index contributed by atoms with van der Waals surface area (Å²) in [5.41, 5.74) is 2.66. The summed E-state index contributed by atoms with van der Waals surface area (Å²) in [4.78, 5) is 14.5. The van der Waals surface area contributed by atoms with Gasteiger partial charge in [-0.15, -0.1) is 0 Å². The Labute approximate surface area is 120 Å². The second-order valence-electron chi connectivity index (χ2n) is 5.84. The number of nitrogens with zero attached hydrogens (tertiary/aromatic N) is 1. The third-order valence-corrected chi connectivity index (χ3v) is 4.58. The summed E-state index contributed by atoms with van der Waals surface area (Å²) in [6, 6.07) is 10.5.